The summed E-state index contributed by atoms with van der Waals surface area (Å²) < 4.78 is 5.42. The van der Waals surface area contributed by atoms with Crippen molar-refractivity contribution in [1.29, 1.82) is 0 Å². The highest BCUT2D eigenvalue weighted by Crippen LogP contribution is 2.26. The number of aryl methyl sites for hydroxylation is 1. The zero-order valence-electron chi connectivity index (χ0n) is 15.5. The Morgan fingerprint density at radius 1 is 1.15 bits per heavy atom. The summed E-state index contributed by atoms with van der Waals surface area (Å²) in [5.74, 6) is 0.704. The van der Waals surface area contributed by atoms with Gasteiger partial charge in [0.1, 0.15) is 5.75 Å². The van der Waals surface area contributed by atoms with Crippen molar-refractivity contribution in [2.45, 2.75) is 26.7 Å². The molecule has 0 bridgehead atoms. The Kier molecular flexibility index (Phi) is 5.95. The molecule has 3 rings (SSSR count). The molecule has 1 fully saturated rings. The lowest BCUT2D eigenvalue weighted by Crippen LogP contribution is -2.18. The Balaban J connectivity index is 1.59. The summed E-state index contributed by atoms with van der Waals surface area (Å²) in [4.78, 5) is 14.6. The van der Waals surface area contributed by atoms with Crippen molar-refractivity contribution in [2.75, 3.05) is 29.9 Å². The van der Waals surface area contributed by atoms with Crippen LogP contribution >= 0.6 is 0 Å². The lowest BCUT2D eigenvalue weighted by Gasteiger charge is -2.20. The van der Waals surface area contributed by atoms with E-state index < -0.39 is 0 Å². The van der Waals surface area contributed by atoms with Crippen molar-refractivity contribution in [3.05, 3.63) is 59.7 Å². The summed E-state index contributed by atoms with van der Waals surface area (Å²) >= 11 is 0. The summed E-state index contributed by atoms with van der Waals surface area (Å²) in [5, 5.41) is 2.93. The average molecular weight is 350 g/mol. The van der Waals surface area contributed by atoms with Crippen molar-refractivity contribution in [2.24, 2.45) is 0 Å². The van der Waals surface area contributed by atoms with Gasteiger partial charge in [0.2, 0.25) is 5.91 Å². The van der Waals surface area contributed by atoms with Crippen molar-refractivity contribution >= 4 is 23.4 Å². The fraction of sp³-hybridized carbons (Fsp3) is 0.318. The third kappa shape index (κ3) is 4.66. The van der Waals surface area contributed by atoms with E-state index in [9.17, 15) is 4.79 Å². The van der Waals surface area contributed by atoms with E-state index in [-0.39, 0.29) is 5.91 Å². The Bertz CT molecular complexity index is 775. The molecule has 4 heteroatoms. The van der Waals surface area contributed by atoms with Gasteiger partial charge < -0.3 is 15.0 Å². The maximum atomic E-state index is 12.2. The molecule has 0 radical (unpaired) electrons. The summed E-state index contributed by atoms with van der Waals surface area (Å²) in [6.45, 7) is 6.94. The van der Waals surface area contributed by atoms with Gasteiger partial charge in [-0.25, -0.2) is 0 Å². The Labute approximate surface area is 155 Å². The molecule has 1 heterocycles. The molecule has 1 aliphatic rings. The number of anilines is 2. The molecule has 26 heavy (non-hydrogen) atoms. The van der Waals surface area contributed by atoms with Gasteiger partial charge >= 0.3 is 0 Å². The molecule has 1 saturated heterocycles. The molecule has 0 aromatic heterocycles. The predicted octanol–water partition coefficient (Wildman–Crippen LogP) is 4.65. The minimum absolute atomic E-state index is 0.132. The van der Waals surface area contributed by atoms with E-state index in [0.717, 1.165) is 30.1 Å². The van der Waals surface area contributed by atoms with Crippen LogP contribution in [0.2, 0.25) is 0 Å². The summed E-state index contributed by atoms with van der Waals surface area (Å²) in [7, 11) is 0. The zero-order chi connectivity index (χ0) is 18.4. The van der Waals surface area contributed by atoms with Gasteiger partial charge in [0.15, 0.2) is 0 Å². The van der Waals surface area contributed by atoms with Gasteiger partial charge in [-0.2, -0.15) is 0 Å². The number of ether oxygens (including phenoxy) is 1. The molecule has 1 amide bonds. The van der Waals surface area contributed by atoms with Crippen LogP contribution in [0.4, 0.5) is 11.4 Å². The lowest BCUT2D eigenvalue weighted by molar-refractivity contribution is -0.111. The molecule has 1 N–H and O–H groups in total. The van der Waals surface area contributed by atoms with Crippen molar-refractivity contribution in [1.82, 2.24) is 0 Å². The topological polar surface area (TPSA) is 41.6 Å². The molecule has 0 spiro atoms. The Hall–Kier alpha value is -2.75. The quantitative estimate of drug-likeness (QED) is 0.771. The van der Waals surface area contributed by atoms with Crippen LogP contribution < -0.4 is 15.0 Å². The van der Waals surface area contributed by atoms with Crippen molar-refractivity contribution in [3.8, 4) is 5.75 Å². The third-order valence-corrected chi connectivity index (χ3v) is 4.53. The standard InChI is InChI=1S/C22H26N2O2/c1-3-26-20-10-6-18(7-11-20)8-13-22(25)23-19-9-12-21(17(2)16-19)24-14-4-5-15-24/h6-13,16H,3-5,14-15H2,1-2H3,(H,23,25). The van der Waals surface area contributed by atoms with E-state index in [2.05, 4.69) is 23.2 Å². The van der Waals surface area contributed by atoms with Crippen LogP contribution in [-0.4, -0.2) is 25.6 Å². The zero-order valence-corrected chi connectivity index (χ0v) is 15.5. The smallest absolute Gasteiger partial charge is 0.248 e. The molecular formula is C22H26N2O2. The first-order valence-corrected chi connectivity index (χ1v) is 9.23. The van der Waals surface area contributed by atoms with Gasteiger partial charge in [-0.3, -0.25) is 4.79 Å². The highest BCUT2D eigenvalue weighted by molar-refractivity contribution is 6.02. The van der Waals surface area contributed by atoms with Crippen molar-refractivity contribution in [3.63, 3.8) is 0 Å². The van der Waals surface area contributed by atoms with E-state index in [4.69, 9.17) is 4.74 Å². The van der Waals surface area contributed by atoms with Gasteiger partial charge in [-0.05, 0) is 74.2 Å². The minimum Gasteiger partial charge on any atom is -0.494 e. The first kappa shape index (κ1) is 18.1. The number of carbonyl (C=O) groups excluding carboxylic acids is 1. The van der Waals surface area contributed by atoms with E-state index in [1.165, 1.54) is 24.1 Å². The molecule has 0 saturated carbocycles. The van der Waals surface area contributed by atoms with Crippen LogP contribution in [0.25, 0.3) is 6.08 Å². The summed E-state index contributed by atoms with van der Waals surface area (Å²) in [5.41, 5.74) is 4.25. The molecule has 1 aliphatic heterocycles. The number of nitrogens with one attached hydrogen (secondary N) is 1. The minimum atomic E-state index is -0.132. The van der Waals surface area contributed by atoms with Crippen LogP contribution in [-0.2, 0) is 4.79 Å². The molecule has 0 atom stereocenters. The number of amides is 1. The molecule has 136 valence electrons. The van der Waals surface area contributed by atoms with E-state index >= 15 is 0 Å². The largest absolute Gasteiger partial charge is 0.494 e. The number of benzene rings is 2. The molecular weight excluding hydrogens is 324 g/mol. The Morgan fingerprint density at radius 3 is 2.54 bits per heavy atom. The second-order valence-electron chi connectivity index (χ2n) is 6.52. The van der Waals surface area contributed by atoms with Crippen LogP contribution in [0, 0.1) is 6.92 Å². The third-order valence-electron chi connectivity index (χ3n) is 4.53. The molecule has 0 aliphatic carbocycles. The Morgan fingerprint density at radius 2 is 1.88 bits per heavy atom. The second kappa shape index (κ2) is 8.56. The molecule has 4 nitrogen and oxygen atoms in total. The van der Waals surface area contributed by atoms with E-state index in [1.54, 1.807) is 12.2 Å². The fourth-order valence-corrected chi connectivity index (χ4v) is 3.24. The second-order valence-corrected chi connectivity index (χ2v) is 6.52. The van der Waals surface area contributed by atoms with Gasteiger partial charge in [-0.1, -0.05) is 12.1 Å². The van der Waals surface area contributed by atoms with Crippen molar-refractivity contribution < 1.29 is 9.53 Å². The molecule has 0 unspecified atom stereocenters. The van der Waals surface area contributed by atoms with Crippen LogP contribution in [0.15, 0.2) is 48.5 Å². The first-order chi connectivity index (χ1) is 12.7. The number of rotatable bonds is 6. The van der Waals surface area contributed by atoms with Crippen LogP contribution in [0.3, 0.4) is 0 Å². The molecule has 2 aromatic rings. The molecule has 2 aromatic carbocycles. The fourth-order valence-electron chi connectivity index (χ4n) is 3.24. The number of carbonyl (C=O) groups is 1. The van der Waals surface area contributed by atoms with Gasteiger partial charge in [0.25, 0.3) is 0 Å². The number of nitrogens with zero attached hydrogens (tertiary/aromatic N) is 1. The maximum Gasteiger partial charge on any atom is 0.248 e. The normalized spacial score (nSPS) is 14.0. The number of hydrogen-bond donors (Lipinski definition) is 1. The highest BCUT2D eigenvalue weighted by atomic mass is 16.5. The van der Waals surface area contributed by atoms with Crippen LogP contribution in [0.5, 0.6) is 5.75 Å². The monoisotopic (exact) mass is 350 g/mol. The van der Waals surface area contributed by atoms with Crippen LogP contribution in [0.1, 0.15) is 30.9 Å². The maximum absolute atomic E-state index is 12.2. The average Bonchev–Trinajstić information content (AvgIpc) is 3.16. The van der Waals surface area contributed by atoms with E-state index in [1.807, 2.05) is 43.3 Å². The summed E-state index contributed by atoms with van der Waals surface area (Å²) in [6, 6.07) is 13.8. The lowest BCUT2D eigenvalue weighted by atomic mass is 10.1. The number of hydrogen-bond acceptors (Lipinski definition) is 3. The van der Waals surface area contributed by atoms with Gasteiger partial charge in [-0.15, -0.1) is 0 Å². The van der Waals surface area contributed by atoms with E-state index in [0.29, 0.717) is 6.61 Å². The highest BCUT2D eigenvalue weighted by Gasteiger charge is 2.14. The first-order valence-electron chi connectivity index (χ1n) is 9.23. The predicted molar refractivity (Wildman–Crippen MR) is 108 cm³/mol. The SMILES string of the molecule is CCOc1ccc(C=CC(=O)Nc2ccc(N3CCCC3)c(C)c2)cc1. The van der Waals surface area contributed by atoms with Gasteiger partial charge in [0, 0.05) is 30.5 Å². The van der Waals surface area contributed by atoms with Gasteiger partial charge in [0.05, 0.1) is 6.61 Å². The summed E-state index contributed by atoms with van der Waals surface area (Å²) in [6.07, 6.45) is 5.87.